The average Bonchev–Trinajstić information content (AvgIpc) is 2.35. The van der Waals surface area contributed by atoms with Gasteiger partial charge in [0, 0.05) is 19.1 Å². The number of carbonyl (C=O) groups is 1. The van der Waals surface area contributed by atoms with Gasteiger partial charge in [-0.3, -0.25) is 0 Å². The van der Waals surface area contributed by atoms with E-state index in [9.17, 15) is 4.79 Å². The molecule has 0 aromatic carbocycles. The van der Waals surface area contributed by atoms with Crippen LogP contribution in [-0.4, -0.2) is 36.7 Å². The van der Waals surface area contributed by atoms with Crippen LogP contribution in [0.5, 0.6) is 0 Å². The van der Waals surface area contributed by atoms with E-state index in [2.05, 4.69) is 13.2 Å². The Morgan fingerprint density at radius 2 is 2.06 bits per heavy atom. The monoisotopic (exact) mass is 236 g/mol. The van der Waals surface area contributed by atoms with Crippen LogP contribution in [-0.2, 0) is 4.74 Å². The number of hydrogen-bond donors (Lipinski definition) is 1. The minimum Gasteiger partial charge on any atom is -0.445 e. The summed E-state index contributed by atoms with van der Waals surface area (Å²) in [5.74, 6) is 0. The van der Waals surface area contributed by atoms with Gasteiger partial charge in [-0.05, 0) is 18.4 Å². The summed E-state index contributed by atoms with van der Waals surface area (Å²) in [6, 6.07) is 0.212. The van der Waals surface area contributed by atoms with Crippen LogP contribution in [0.4, 0.5) is 4.79 Å². The van der Waals surface area contributed by atoms with Crippen LogP contribution >= 0.6 is 0 Å². The van der Waals surface area contributed by atoms with Crippen LogP contribution in [0.15, 0.2) is 37.0 Å². The zero-order chi connectivity index (χ0) is 12.7. The summed E-state index contributed by atoms with van der Waals surface area (Å²) >= 11 is 0. The minimum atomic E-state index is -0.284. The van der Waals surface area contributed by atoms with E-state index in [1.807, 2.05) is 0 Å². The van der Waals surface area contributed by atoms with Crippen molar-refractivity contribution >= 4 is 6.09 Å². The average molecular weight is 236 g/mol. The van der Waals surface area contributed by atoms with E-state index >= 15 is 0 Å². The number of hydrogen-bond acceptors (Lipinski definition) is 3. The first-order valence-electron chi connectivity index (χ1n) is 5.78. The zero-order valence-corrected chi connectivity index (χ0v) is 10.1. The van der Waals surface area contributed by atoms with Gasteiger partial charge in [0.2, 0.25) is 0 Å². The fourth-order valence-corrected chi connectivity index (χ4v) is 1.64. The summed E-state index contributed by atoms with van der Waals surface area (Å²) < 4.78 is 5.18. The van der Waals surface area contributed by atoms with Gasteiger partial charge in [-0.1, -0.05) is 31.4 Å². The molecule has 1 rings (SSSR count). The molecule has 1 heterocycles. The van der Waals surface area contributed by atoms with Gasteiger partial charge in [-0.2, -0.15) is 0 Å². The molecular weight excluding hydrogens is 216 g/mol. The van der Waals surface area contributed by atoms with Gasteiger partial charge in [-0.15, -0.1) is 0 Å². The molecule has 0 aliphatic carbocycles. The number of allylic oxidation sites excluding steroid dienone is 2. The Morgan fingerprint density at radius 1 is 1.41 bits per heavy atom. The number of piperidine rings is 1. The van der Waals surface area contributed by atoms with Crippen molar-refractivity contribution in [2.45, 2.75) is 18.9 Å². The smallest absolute Gasteiger partial charge is 0.410 e. The van der Waals surface area contributed by atoms with E-state index in [0.717, 1.165) is 18.4 Å². The Hall–Kier alpha value is -1.55. The molecule has 0 bridgehead atoms. The molecule has 1 saturated heterocycles. The summed E-state index contributed by atoms with van der Waals surface area (Å²) in [6.45, 7) is 8.81. The van der Waals surface area contributed by atoms with Gasteiger partial charge in [0.15, 0.2) is 0 Å². The molecule has 2 N–H and O–H groups in total. The van der Waals surface area contributed by atoms with Crippen LogP contribution in [0, 0.1) is 0 Å². The lowest BCUT2D eigenvalue weighted by Gasteiger charge is -2.29. The number of rotatable bonds is 4. The number of likely N-dealkylation sites (tertiary alicyclic amines) is 1. The highest BCUT2D eigenvalue weighted by Crippen LogP contribution is 2.10. The van der Waals surface area contributed by atoms with Crippen molar-refractivity contribution in [3.63, 3.8) is 0 Å². The molecule has 0 aromatic heterocycles. The van der Waals surface area contributed by atoms with Crippen molar-refractivity contribution in [3.05, 3.63) is 37.0 Å². The molecule has 94 valence electrons. The molecule has 1 aliphatic rings. The quantitative estimate of drug-likeness (QED) is 0.758. The molecule has 0 atom stereocenters. The second-order valence-corrected chi connectivity index (χ2v) is 4.06. The topological polar surface area (TPSA) is 55.6 Å². The Kier molecular flexibility index (Phi) is 5.49. The first-order chi connectivity index (χ1) is 8.17. The number of amides is 1. The second-order valence-electron chi connectivity index (χ2n) is 4.06. The summed E-state index contributed by atoms with van der Waals surface area (Å²) in [5, 5.41) is 0. The van der Waals surface area contributed by atoms with Crippen LogP contribution < -0.4 is 5.73 Å². The van der Waals surface area contributed by atoms with Gasteiger partial charge < -0.3 is 15.4 Å². The van der Waals surface area contributed by atoms with E-state index in [0.29, 0.717) is 13.1 Å². The van der Waals surface area contributed by atoms with Crippen molar-refractivity contribution in [2.24, 2.45) is 5.73 Å². The molecular formula is C13H20N2O2. The molecule has 1 aliphatic heterocycles. The van der Waals surface area contributed by atoms with Gasteiger partial charge in [-0.25, -0.2) is 4.79 Å². The fourth-order valence-electron chi connectivity index (χ4n) is 1.64. The number of nitrogens with two attached hydrogens (primary N) is 1. The Bertz CT molecular complexity index is 315. The lowest BCUT2D eigenvalue weighted by atomic mass is 10.1. The first-order valence-corrected chi connectivity index (χ1v) is 5.78. The van der Waals surface area contributed by atoms with E-state index in [1.165, 1.54) is 0 Å². The number of carbonyl (C=O) groups excluding carboxylic acids is 1. The number of ether oxygens (including phenoxy) is 1. The zero-order valence-electron chi connectivity index (χ0n) is 10.1. The molecule has 0 unspecified atom stereocenters. The normalized spacial score (nSPS) is 17.7. The summed E-state index contributed by atoms with van der Waals surface area (Å²) in [5.41, 5.74) is 6.60. The van der Waals surface area contributed by atoms with E-state index in [1.54, 1.807) is 23.1 Å². The molecule has 0 spiro atoms. The maximum absolute atomic E-state index is 11.7. The summed E-state index contributed by atoms with van der Waals surface area (Å²) in [4.78, 5) is 13.4. The van der Waals surface area contributed by atoms with Crippen LogP contribution in [0.2, 0.25) is 0 Å². The molecule has 0 radical (unpaired) electrons. The highest BCUT2D eigenvalue weighted by atomic mass is 16.6. The van der Waals surface area contributed by atoms with Gasteiger partial charge in [0.25, 0.3) is 0 Å². The second kappa shape index (κ2) is 6.91. The maximum atomic E-state index is 11.7. The maximum Gasteiger partial charge on any atom is 0.410 e. The van der Waals surface area contributed by atoms with Crippen molar-refractivity contribution < 1.29 is 9.53 Å². The summed E-state index contributed by atoms with van der Waals surface area (Å²) in [7, 11) is 0. The van der Waals surface area contributed by atoms with Crippen molar-refractivity contribution in [1.29, 1.82) is 0 Å². The Balaban J connectivity index is 2.36. The van der Waals surface area contributed by atoms with E-state index < -0.39 is 0 Å². The molecule has 0 aromatic rings. The van der Waals surface area contributed by atoms with Crippen LogP contribution in [0.25, 0.3) is 0 Å². The van der Waals surface area contributed by atoms with Gasteiger partial charge in [0.05, 0.1) is 0 Å². The van der Waals surface area contributed by atoms with Crippen molar-refractivity contribution in [2.75, 3.05) is 19.7 Å². The third-order valence-corrected chi connectivity index (χ3v) is 2.75. The molecule has 0 saturated carbocycles. The fraction of sp³-hybridized carbons (Fsp3) is 0.462. The van der Waals surface area contributed by atoms with E-state index in [4.69, 9.17) is 10.5 Å². The molecule has 1 fully saturated rings. The molecule has 4 nitrogen and oxygen atoms in total. The lowest BCUT2D eigenvalue weighted by Crippen LogP contribution is -2.43. The molecule has 4 heteroatoms. The minimum absolute atomic E-state index is 0.212. The summed E-state index contributed by atoms with van der Waals surface area (Å²) in [6.07, 6.45) is 6.46. The number of nitrogens with zero attached hydrogens (tertiary/aromatic N) is 1. The van der Waals surface area contributed by atoms with Crippen molar-refractivity contribution in [1.82, 2.24) is 4.90 Å². The standard InChI is InChI=1S/C13H20N2O2/c1-3-5-11(4-2)10-17-13(16)15-8-6-12(14)7-9-15/h3-5,12H,1-2,6-10,14H2/b11-5+. The third-order valence-electron chi connectivity index (χ3n) is 2.75. The van der Waals surface area contributed by atoms with Gasteiger partial charge >= 0.3 is 6.09 Å². The molecule has 1 amide bonds. The highest BCUT2D eigenvalue weighted by Gasteiger charge is 2.21. The van der Waals surface area contributed by atoms with Crippen LogP contribution in [0.1, 0.15) is 12.8 Å². The lowest BCUT2D eigenvalue weighted by molar-refractivity contribution is 0.101. The largest absolute Gasteiger partial charge is 0.445 e. The van der Waals surface area contributed by atoms with E-state index in [-0.39, 0.29) is 18.7 Å². The Labute approximate surface area is 102 Å². The van der Waals surface area contributed by atoms with Gasteiger partial charge in [0.1, 0.15) is 6.61 Å². The Morgan fingerprint density at radius 3 is 2.59 bits per heavy atom. The predicted molar refractivity (Wildman–Crippen MR) is 68.6 cm³/mol. The van der Waals surface area contributed by atoms with Crippen LogP contribution in [0.3, 0.4) is 0 Å². The highest BCUT2D eigenvalue weighted by molar-refractivity contribution is 5.68. The predicted octanol–water partition coefficient (Wildman–Crippen LogP) is 1.84. The SMILES string of the molecule is C=C/C=C(\C=C)COC(=O)N1CCC(N)CC1. The third kappa shape index (κ3) is 4.44. The van der Waals surface area contributed by atoms with Crippen molar-refractivity contribution in [3.8, 4) is 0 Å². The first kappa shape index (κ1) is 13.5. The molecule has 17 heavy (non-hydrogen) atoms.